The predicted octanol–water partition coefficient (Wildman–Crippen LogP) is 3.06. The fraction of sp³-hybridized carbons (Fsp3) is 0.350. The quantitative estimate of drug-likeness (QED) is 0.740. The molecule has 0 saturated carbocycles. The van der Waals surface area contributed by atoms with Crippen LogP contribution >= 0.6 is 0 Å². The molecule has 0 spiro atoms. The van der Waals surface area contributed by atoms with Crippen molar-refractivity contribution in [3.8, 4) is 0 Å². The van der Waals surface area contributed by atoms with Crippen LogP contribution in [0.5, 0.6) is 0 Å². The van der Waals surface area contributed by atoms with E-state index in [2.05, 4.69) is 34.3 Å². The minimum Gasteiger partial charge on any atom is -0.337 e. The third-order valence-corrected chi connectivity index (χ3v) is 5.03. The van der Waals surface area contributed by atoms with Crippen LogP contribution in [0, 0.1) is 5.92 Å². The van der Waals surface area contributed by atoms with Crippen molar-refractivity contribution in [1.82, 2.24) is 19.7 Å². The van der Waals surface area contributed by atoms with Crippen molar-refractivity contribution in [2.75, 3.05) is 13.1 Å². The molecule has 5 heteroatoms. The van der Waals surface area contributed by atoms with Gasteiger partial charge in [0.15, 0.2) is 0 Å². The molecule has 128 valence electrons. The van der Waals surface area contributed by atoms with Gasteiger partial charge in [-0.15, -0.1) is 0 Å². The molecule has 1 aliphatic rings. The zero-order valence-corrected chi connectivity index (χ0v) is 14.4. The second-order valence-electron chi connectivity index (χ2n) is 6.84. The molecule has 1 saturated heterocycles. The van der Waals surface area contributed by atoms with E-state index >= 15 is 0 Å². The molecule has 0 bridgehead atoms. The van der Waals surface area contributed by atoms with Crippen molar-refractivity contribution < 1.29 is 4.79 Å². The van der Waals surface area contributed by atoms with E-state index in [0.29, 0.717) is 11.6 Å². The summed E-state index contributed by atoms with van der Waals surface area (Å²) in [5.41, 5.74) is 2.94. The molecule has 0 radical (unpaired) electrons. The Morgan fingerprint density at radius 3 is 2.80 bits per heavy atom. The molecule has 1 amide bonds. The van der Waals surface area contributed by atoms with Crippen LogP contribution in [-0.4, -0.2) is 38.7 Å². The number of pyridine rings is 1. The summed E-state index contributed by atoms with van der Waals surface area (Å²) < 4.78 is 1.68. The maximum absolute atomic E-state index is 12.5. The number of hydrogen-bond donors (Lipinski definition) is 0. The normalized spacial score (nSPS) is 15.6. The lowest BCUT2D eigenvalue weighted by molar-refractivity contribution is 0.0684. The molecule has 5 nitrogen and oxygen atoms in total. The fourth-order valence-electron chi connectivity index (χ4n) is 3.62. The third-order valence-electron chi connectivity index (χ3n) is 5.03. The number of nitrogens with zero attached hydrogens (tertiary/aromatic N) is 4. The summed E-state index contributed by atoms with van der Waals surface area (Å²) in [5.74, 6) is 0.678. The molecule has 4 rings (SSSR count). The number of carbonyl (C=O) groups excluding carboxylic acids is 1. The average molecular weight is 334 g/mol. The van der Waals surface area contributed by atoms with Gasteiger partial charge in [0.1, 0.15) is 5.69 Å². The molecule has 3 aromatic rings. The first-order valence-electron chi connectivity index (χ1n) is 8.81. The molecule has 2 aromatic heterocycles. The molecule has 1 fully saturated rings. The summed E-state index contributed by atoms with van der Waals surface area (Å²) >= 11 is 0. The van der Waals surface area contributed by atoms with Crippen LogP contribution < -0.4 is 0 Å². The van der Waals surface area contributed by atoms with E-state index in [-0.39, 0.29) is 5.91 Å². The molecule has 0 atom stereocenters. The Labute approximate surface area is 147 Å². The Morgan fingerprint density at radius 1 is 1.20 bits per heavy atom. The number of amides is 1. The first-order chi connectivity index (χ1) is 12.2. The molecule has 25 heavy (non-hydrogen) atoms. The highest BCUT2D eigenvalue weighted by atomic mass is 16.2. The van der Waals surface area contributed by atoms with Gasteiger partial charge in [0.25, 0.3) is 5.91 Å². The van der Waals surface area contributed by atoms with Crippen molar-refractivity contribution in [1.29, 1.82) is 0 Å². The van der Waals surface area contributed by atoms with Crippen LogP contribution in [0.3, 0.4) is 0 Å². The fourth-order valence-corrected chi connectivity index (χ4v) is 3.62. The molecule has 1 aromatic carbocycles. The number of rotatable bonds is 3. The van der Waals surface area contributed by atoms with Gasteiger partial charge in [-0.2, -0.15) is 5.10 Å². The lowest BCUT2D eigenvalue weighted by atomic mass is 9.89. The van der Waals surface area contributed by atoms with Gasteiger partial charge >= 0.3 is 0 Å². The van der Waals surface area contributed by atoms with Crippen LogP contribution in [0.25, 0.3) is 10.9 Å². The molecule has 3 heterocycles. The molecular weight excluding hydrogens is 312 g/mol. The van der Waals surface area contributed by atoms with E-state index in [1.807, 2.05) is 30.4 Å². The second-order valence-corrected chi connectivity index (χ2v) is 6.84. The Bertz CT molecular complexity index is 893. The summed E-state index contributed by atoms with van der Waals surface area (Å²) in [7, 11) is 1.84. The van der Waals surface area contributed by atoms with Crippen molar-refractivity contribution in [3.05, 3.63) is 60.0 Å². The van der Waals surface area contributed by atoms with Crippen LogP contribution in [0.4, 0.5) is 0 Å². The number of carbonyl (C=O) groups is 1. The number of aromatic nitrogens is 3. The van der Waals surface area contributed by atoms with Gasteiger partial charge in [-0.25, -0.2) is 0 Å². The van der Waals surface area contributed by atoms with E-state index in [9.17, 15) is 4.79 Å². The maximum atomic E-state index is 12.5. The standard InChI is InChI=1S/C20H22N4O/c1-23-10-8-19(22-23)20(25)24-11-6-15(7-12-24)13-16-4-5-18-17(14-16)3-2-9-21-18/h2-5,8-10,14-15H,6-7,11-13H2,1H3. The maximum Gasteiger partial charge on any atom is 0.274 e. The van der Waals surface area contributed by atoms with E-state index in [4.69, 9.17) is 0 Å². The van der Waals surface area contributed by atoms with Crippen molar-refractivity contribution >= 4 is 16.8 Å². The molecule has 0 unspecified atom stereocenters. The highest BCUT2D eigenvalue weighted by molar-refractivity contribution is 5.92. The highest BCUT2D eigenvalue weighted by Crippen LogP contribution is 2.24. The van der Waals surface area contributed by atoms with Gasteiger partial charge in [0.2, 0.25) is 0 Å². The van der Waals surface area contributed by atoms with Crippen molar-refractivity contribution in [3.63, 3.8) is 0 Å². The lowest BCUT2D eigenvalue weighted by Gasteiger charge is -2.31. The second kappa shape index (κ2) is 6.67. The van der Waals surface area contributed by atoms with Gasteiger partial charge in [-0.1, -0.05) is 12.1 Å². The molecule has 0 N–H and O–H groups in total. The number of likely N-dealkylation sites (tertiary alicyclic amines) is 1. The first kappa shape index (κ1) is 15.8. The van der Waals surface area contributed by atoms with Crippen molar-refractivity contribution in [2.45, 2.75) is 19.3 Å². The SMILES string of the molecule is Cn1ccc(C(=O)N2CCC(Cc3ccc4ncccc4c3)CC2)n1. The van der Waals surface area contributed by atoms with E-state index < -0.39 is 0 Å². The van der Waals surface area contributed by atoms with Crippen molar-refractivity contribution in [2.24, 2.45) is 13.0 Å². The summed E-state index contributed by atoms with van der Waals surface area (Å²) in [4.78, 5) is 18.8. The zero-order chi connectivity index (χ0) is 17.2. The largest absolute Gasteiger partial charge is 0.337 e. The molecule has 0 aliphatic carbocycles. The van der Waals surface area contributed by atoms with Crippen LogP contribution in [0.15, 0.2) is 48.8 Å². The van der Waals surface area contributed by atoms with E-state index in [1.54, 1.807) is 10.7 Å². The summed E-state index contributed by atoms with van der Waals surface area (Å²) in [6.07, 6.45) is 6.80. The van der Waals surface area contributed by atoms with Crippen LogP contribution in [0.1, 0.15) is 28.9 Å². The number of piperidine rings is 1. The predicted molar refractivity (Wildman–Crippen MR) is 97.3 cm³/mol. The Morgan fingerprint density at radius 2 is 2.04 bits per heavy atom. The van der Waals surface area contributed by atoms with Gasteiger partial charge < -0.3 is 4.90 Å². The molecular formula is C20H22N4O. The smallest absolute Gasteiger partial charge is 0.274 e. The average Bonchev–Trinajstić information content (AvgIpc) is 3.08. The number of hydrogen-bond acceptors (Lipinski definition) is 3. The highest BCUT2D eigenvalue weighted by Gasteiger charge is 2.25. The number of benzene rings is 1. The summed E-state index contributed by atoms with van der Waals surface area (Å²) in [6, 6.07) is 12.4. The zero-order valence-electron chi connectivity index (χ0n) is 14.4. The summed E-state index contributed by atoms with van der Waals surface area (Å²) in [6.45, 7) is 1.63. The van der Waals surface area contributed by atoms with Gasteiger partial charge in [0, 0.05) is 37.9 Å². The van der Waals surface area contributed by atoms with Crippen LogP contribution in [-0.2, 0) is 13.5 Å². The van der Waals surface area contributed by atoms with E-state index in [0.717, 1.165) is 37.9 Å². The minimum absolute atomic E-state index is 0.0517. The summed E-state index contributed by atoms with van der Waals surface area (Å²) in [5, 5.41) is 5.42. The monoisotopic (exact) mass is 334 g/mol. The molecule has 1 aliphatic heterocycles. The minimum atomic E-state index is 0.0517. The lowest BCUT2D eigenvalue weighted by Crippen LogP contribution is -2.39. The number of fused-ring (bicyclic) bond motifs is 1. The van der Waals surface area contributed by atoms with Gasteiger partial charge in [-0.05, 0) is 55.0 Å². The Hall–Kier alpha value is -2.69. The Kier molecular flexibility index (Phi) is 4.22. The number of aryl methyl sites for hydroxylation is 1. The Balaban J connectivity index is 1.37. The van der Waals surface area contributed by atoms with E-state index in [1.165, 1.54) is 10.9 Å². The van der Waals surface area contributed by atoms with Gasteiger partial charge in [0.05, 0.1) is 5.52 Å². The third kappa shape index (κ3) is 3.40. The van der Waals surface area contributed by atoms with Crippen LogP contribution in [0.2, 0.25) is 0 Å². The van der Waals surface area contributed by atoms with Gasteiger partial charge in [-0.3, -0.25) is 14.5 Å². The first-order valence-corrected chi connectivity index (χ1v) is 8.81. The topological polar surface area (TPSA) is 51.0 Å².